The van der Waals surface area contributed by atoms with Crippen LogP contribution in [0.1, 0.15) is 19.8 Å². The Kier molecular flexibility index (Phi) is 26.6. The van der Waals surface area contributed by atoms with E-state index in [0.29, 0.717) is 99.1 Å². The van der Waals surface area contributed by atoms with E-state index in [2.05, 4.69) is 4.74 Å². The van der Waals surface area contributed by atoms with Crippen molar-refractivity contribution in [3.63, 3.8) is 0 Å². The normalized spacial score (nSPS) is 11.3. The topological polar surface area (TPSA) is 136 Å². The summed E-state index contributed by atoms with van der Waals surface area (Å²) in [6.45, 7) is 7.91. The minimum Gasteiger partial charge on any atom is -0.466 e. The molecule has 0 spiro atoms. The molecule has 13 nitrogen and oxygen atoms in total. The predicted molar refractivity (Wildman–Crippen MR) is 155 cm³/mol. The summed E-state index contributed by atoms with van der Waals surface area (Å²) in [4.78, 5) is 22.8. The second-order valence-electron chi connectivity index (χ2n) is 9.19. The number of benzene rings is 1. The molecule has 0 N–H and O–H groups in total. The van der Waals surface area contributed by atoms with E-state index in [1.807, 2.05) is 0 Å². The molecule has 0 radical (unpaired) electrons. The van der Waals surface area contributed by atoms with Gasteiger partial charge < -0.3 is 52.1 Å². The second kappa shape index (κ2) is 29.4. The Labute approximate surface area is 276 Å². The van der Waals surface area contributed by atoms with Crippen LogP contribution in [-0.2, 0) is 57.0 Å². The predicted octanol–water partition coefficient (Wildman–Crippen LogP) is 2.78. The molecule has 0 saturated carbocycles. The summed E-state index contributed by atoms with van der Waals surface area (Å²) < 4.78 is 123. The summed E-state index contributed by atoms with van der Waals surface area (Å²) in [5.74, 6) is -14.4. The Morgan fingerprint density at radius 2 is 0.646 bits per heavy atom. The third kappa shape index (κ3) is 21.4. The van der Waals surface area contributed by atoms with Gasteiger partial charge in [-0.25, -0.2) is 13.2 Å². The standard InChI is InChI=1S/C30H45F5O13/c1-2-47-23(36)3-5-38-7-9-40-11-13-42-15-17-44-19-21-46-22-20-45-18-16-43-14-12-41-10-8-39-6-4-24(37)48-30-28(34)26(32)25(31)27(33)29(30)35/h2-22H2,1H3. The van der Waals surface area contributed by atoms with Crippen molar-refractivity contribution in [1.29, 1.82) is 0 Å². The lowest BCUT2D eigenvalue weighted by Crippen LogP contribution is -2.16. The molecule has 1 aromatic rings. The molecular formula is C30H45F5O13. The number of halogens is 5. The largest absolute Gasteiger partial charge is 0.466 e. The van der Waals surface area contributed by atoms with Crippen LogP contribution in [0.25, 0.3) is 0 Å². The van der Waals surface area contributed by atoms with Gasteiger partial charge in [0.2, 0.25) is 34.8 Å². The highest BCUT2D eigenvalue weighted by Crippen LogP contribution is 2.29. The summed E-state index contributed by atoms with van der Waals surface area (Å²) in [5.41, 5.74) is 0. The summed E-state index contributed by atoms with van der Waals surface area (Å²) in [7, 11) is 0. The van der Waals surface area contributed by atoms with E-state index < -0.39 is 47.2 Å². The summed E-state index contributed by atoms with van der Waals surface area (Å²) in [5, 5.41) is 0. The number of carbonyl (C=O) groups is 2. The van der Waals surface area contributed by atoms with Crippen molar-refractivity contribution in [3.05, 3.63) is 29.1 Å². The van der Waals surface area contributed by atoms with Crippen LogP contribution >= 0.6 is 0 Å². The highest BCUT2D eigenvalue weighted by molar-refractivity contribution is 5.72. The first-order valence-corrected chi connectivity index (χ1v) is 15.4. The molecule has 0 amide bonds. The zero-order valence-electron chi connectivity index (χ0n) is 27.0. The number of esters is 2. The smallest absolute Gasteiger partial charge is 0.313 e. The van der Waals surface area contributed by atoms with Crippen LogP contribution in [0.5, 0.6) is 5.75 Å². The lowest BCUT2D eigenvalue weighted by Gasteiger charge is -2.09. The molecular weight excluding hydrogens is 663 g/mol. The monoisotopic (exact) mass is 708 g/mol. The van der Waals surface area contributed by atoms with Gasteiger partial charge in [0.15, 0.2) is 0 Å². The van der Waals surface area contributed by atoms with Gasteiger partial charge in [-0.3, -0.25) is 9.59 Å². The van der Waals surface area contributed by atoms with Crippen molar-refractivity contribution >= 4 is 11.9 Å². The van der Waals surface area contributed by atoms with E-state index in [9.17, 15) is 31.5 Å². The first-order valence-electron chi connectivity index (χ1n) is 15.4. The SMILES string of the molecule is CCOC(=O)CCOCCOCCOCCOCCOCCOCCOCCOCCOCCC(=O)Oc1c(F)c(F)c(F)c(F)c1F. The molecule has 1 aromatic carbocycles. The molecule has 0 aromatic heterocycles. The molecule has 18 heteroatoms. The van der Waals surface area contributed by atoms with E-state index in [1.54, 1.807) is 6.92 Å². The van der Waals surface area contributed by atoms with Crippen LogP contribution in [-0.4, -0.2) is 137 Å². The fourth-order valence-electron chi connectivity index (χ4n) is 3.24. The lowest BCUT2D eigenvalue weighted by molar-refractivity contribution is -0.144. The van der Waals surface area contributed by atoms with Crippen molar-refractivity contribution in [2.75, 3.05) is 126 Å². The Morgan fingerprint density at radius 1 is 0.396 bits per heavy atom. The Balaban J connectivity index is 1.77. The van der Waals surface area contributed by atoms with E-state index in [-0.39, 0.29) is 38.8 Å². The highest BCUT2D eigenvalue weighted by Gasteiger charge is 2.28. The Hall–Kier alpha value is -2.55. The van der Waals surface area contributed by atoms with Gasteiger partial charge in [-0.1, -0.05) is 0 Å². The number of hydrogen-bond acceptors (Lipinski definition) is 13. The third-order valence-electron chi connectivity index (χ3n) is 5.57. The molecule has 0 unspecified atom stereocenters. The molecule has 0 aliphatic carbocycles. The fourth-order valence-corrected chi connectivity index (χ4v) is 3.24. The number of carbonyl (C=O) groups excluding carboxylic acids is 2. The number of ether oxygens (including phenoxy) is 11. The molecule has 48 heavy (non-hydrogen) atoms. The first kappa shape index (κ1) is 43.5. The van der Waals surface area contributed by atoms with Gasteiger partial charge in [0, 0.05) is 0 Å². The fraction of sp³-hybridized carbons (Fsp3) is 0.733. The molecule has 1 rings (SSSR count). The van der Waals surface area contributed by atoms with Crippen molar-refractivity contribution < 1.29 is 83.6 Å². The molecule has 0 aliphatic heterocycles. The Morgan fingerprint density at radius 3 is 0.938 bits per heavy atom. The Bertz CT molecular complexity index is 977. The van der Waals surface area contributed by atoms with Crippen LogP contribution in [0.4, 0.5) is 22.0 Å². The number of hydrogen-bond donors (Lipinski definition) is 0. The van der Waals surface area contributed by atoms with Crippen molar-refractivity contribution in [3.8, 4) is 5.75 Å². The van der Waals surface area contributed by atoms with E-state index in [0.717, 1.165) is 0 Å². The maximum absolute atomic E-state index is 13.5. The van der Waals surface area contributed by atoms with Crippen molar-refractivity contribution in [1.82, 2.24) is 0 Å². The highest BCUT2D eigenvalue weighted by atomic mass is 19.2. The third-order valence-corrected chi connectivity index (χ3v) is 5.57. The molecule has 0 heterocycles. The van der Waals surface area contributed by atoms with Gasteiger partial charge in [0.05, 0.1) is 138 Å². The van der Waals surface area contributed by atoms with E-state index in [1.165, 1.54) is 0 Å². The quantitative estimate of drug-likeness (QED) is 0.0271. The molecule has 0 atom stereocenters. The average Bonchev–Trinajstić information content (AvgIpc) is 3.07. The average molecular weight is 709 g/mol. The van der Waals surface area contributed by atoms with Crippen LogP contribution in [0.15, 0.2) is 0 Å². The molecule has 0 saturated heterocycles. The van der Waals surface area contributed by atoms with Crippen LogP contribution in [0.3, 0.4) is 0 Å². The maximum Gasteiger partial charge on any atom is 0.313 e. The summed E-state index contributed by atoms with van der Waals surface area (Å²) in [6, 6.07) is 0. The molecule has 278 valence electrons. The summed E-state index contributed by atoms with van der Waals surface area (Å²) >= 11 is 0. The van der Waals surface area contributed by atoms with Gasteiger partial charge in [-0.15, -0.1) is 0 Å². The van der Waals surface area contributed by atoms with Gasteiger partial charge in [0.25, 0.3) is 0 Å². The molecule has 0 fully saturated rings. The summed E-state index contributed by atoms with van der Waals surface area (Å²) in [6.07, 6.45) is -0.263. The van der Waals surface area contributed by atoms with Gasteiger partial charge in [0.1, 0.15) is 0 Å². The zero-order valence-corrected chi connectivity index (χ0v) is 27.0. The molecule has 0 bridgehead atoms. The van der Waals surface area contributed by atoms with Gasteiger partial charge in [-0.2, -0.15) is 8.78 Å². The van der Waals surface area contributed by atoms with Crippen LogP contribution in [0, 0.1) is 29.1 Å². The van der Waals surface area contributed by atoms with Crippen LogP contribution in [0.2, 0.25) is 0 Å². The van der Waals surface area contributed by atoms with Gasteiger partial charge >= 0.3 is 11.9 Å². The van der Waals surface area contributed by atoms with Crippen LogP contribution < -0.4 is 4.74 Å². The van der Waals surface area contributed by atoms with E-state index in [4.69, 9.17) is 47.4 Å². The number of rotatable bonds is 32. The maximum atomic E-state index is 13.5. The van der Waals surface area contributed by atoms with Gasteiger partial charge in [-0.05, 0) is 6.92 Å². The van der Waals surface area contributed by atoms with Crippen molar-refractivity contribution in [2.45, 2.75) is 19.8 Å². The molecule has 0 aliphatic rings. The second-order valence-corrected chi connectivity index (χ2v) is 9.19. The minimum absolute atomic E-state index is 0.0766. The lowest BCUT2D eigenvalue weighted by atomic mass is 10.2. The van der Waals surface area contributed by atoms with Crippen molar-refractivity contribution in [2.24, 2.45) is 0 Å². The minimum atomic E-state index is -2.35. The zero-order chi connectivity index (χ0) is 35.2. The first-order chi connectivity index (χ1) is 23.3. The van der Waals surface area contributed by atoms with E-state index >= 15 is 0 Å².